The van der Waals surface area contributed by atoms with E-state index in [4.69, 9.17) is 9.84 Å². The van der Waals surface area contributed by atoms with Gasteiger partial charge in [-0.2, -0.15) is 0 Å². The molecule has 1 aliphatic heterocycles. The lowest BCUT2D eigenvalue weighted by atomic mass is 9.98. The quantitative estimate of drug-likeness (QED) is 0.905. The zero-order valence-electron chi connectivity index (χ0n) is 13.9. The predicted molar refractivity (Wildman–Crippen MR) is 92.4 cm³/mol. The van der Waals surface area contributed by atoms with Crippen molar-refractivity contribution < 1.29 is 19.4 Å². The predicted octanol–water partition coefficient (Wildman–Crippen LogP) is 2.07. The number of carboxylic acids is 1. The largest absolute Gasteiger partial charge is 0.478 e. The fraction of sp³-hybridized carbons (Fsp3) is 0.389. The second-order valence-corrected chi connectivity index (χ2v) is 6.00. The molecule has 2 aliphatic rings. The number of hydrogen-bond acceptors (Lipinski definition) is 4. The zero-order valence-corrected chi connectivity index (χ0v) is 13.9. The van der Waals surface area contributed by atoms with Crippen LogP contribution in [0.2, 0.25) is 0 Å². The summed E-state index contributed by atoms with van der Waals surface area (Å²) < 4.78 is 5.32. The third-order valence-electron chi connectivity index (χ3n) is 4.34. The highest BCUT2D eigenvalue weighted by atomic mass is 16.5. The van der Waals surface area contributed by atoms with Crippen LogP contribution in [0.4, 0.5) is 10.5 Å². The van der Waals surface area contributed by atoms with Gasteiger partial charge in [-0.05, 0) is 25.0 Å². The minimum atomic E-state index is -0.885. The van der Waals surface area contributed by atoms with Gasteiger partial charge in [0.25, 0.3) is 0 Å². The average molecular weight is 343 g/mol. The normalized spacial score (nSPS) is 17.5. The van der Waals surface area contributed by atoms with E-state index in [2.05, 4.69) is 4.98 Å². The average Bonchev–Trinajstić information content (AvgIpc) is 2.67. The second kappa shape index (κ2) is 7.94. The maximum Gasteiger partial charge on any atom is 0.331 e. The van der Waals surface area contributed by atoms with Crippen LogP contribution in [-0.4, -0.2) is 59.8 Å². The molecular formula is C18H21N3O4. The second-order valence-electron chi connectivity index (χ2n) is 6.00. The minimum Gasteiger partial charge on any atom is -0.478 e. The zero-order chi connectivity index (χ0) is 17.6. The van der Waals surface area contributed by atoms with Crippen LogP contribution < -0.4 is 4.90 Å². The standard InChI is InChI=1S/C18H21N3O4/c22-17(23)15-5-3-14(4-6-15)13-21(16-2-1-7-19-12-16)18(24)20-8-10-25-11-9-20/h1-3,5,7,12H,4,6,8-11,13H2,(H,22,23). The number of carbonyl (C=O) groups is 2. The number of anilines is 1. The molecule has 1 aliphatic carbocycles. The Morgan fingerprint density at radius 2 is 2.04 bits per heavy atom. The van der Waals surface area contributed by atoms with Crippen LogP contribution in [0.25, 0.3) is 0 Å². The Morgan fingerprint density at radius 3 is 2.64 bits per heavy atom. The molecule has 1 fully saturated rings. The first-order valence-corrected chi connectivity index (χ1v) is 8.31. The molecule has 132 valence electrons. The number of allylic oxidation sites excluding steroid dienone is 2. The molecule has 0 unspecified atom stereocenters. The van der Waals surface area contributed by atoms with Crippen LogP contribution in [0.3, 0.4) is 0 Å². The molecule has 7 heteroatoms. The summed E-state index contributed by atoms with van der Waals surface area (Å²) in [5.74, 6) is -0.885. The van der Waals surface area contributed by atoms with Gasteiger partial charge in [-0.25, -0.2) is 9.59 Å². The van der Waals surface area contributed by atoms with E-state index in [1.54, 1.807) is 34.3 Å². The molecule has 25 heavy (non-hydrogen) atoms. The summed E-state index contributed by atoms with van der Waals surface area (Å²) in [5.41, 5.74) is 2.15. The maximum absolute atomic E-state index is 13.0. The summed E-state index contributed by atoms with van der Waals surface area (Å²) in [6.07, 6.45) is 7.88. The van der Waals surface area contributed by atoms with Gasteiger partial charge in [-0.1, -0.05) is 17.7 Å². The van der Waals surface area contributed by atoms with Crippen molar-refractivity contribution in [3.05, 3.63) is 47.8 Å². The van der Waals surface area contributed by atoms with Crippen molar-refractivity contribution in [2.75, 3.05) is 37.7 Å². The van der Waals surface area contributed by atoms with Crippen LogP contribution >= 0.6 is 0 Å². The lowest BCUT2D eigenvalue weighted by Crippen LogP contribution is -2.49. The summed E-state index contributed by atoms with van der Waals surface area (Å²) in [5, 5.41) is 9.05. The van der Waals surface area contributed by atoms with Crippen LogP contribution in [0, 0.1) is 0 Å². The molecule has 1 aromatic heterocycles. The van der Waals surface area contributed by atoms with Crippen molar-refractivity contribution in [2.24, 2.45) is 0 Å². The van der Waals surface area contributed by atoms with Crippen LogP contribution in [-0.2, 0) is 9.53 Å². The lowest BCUT2D eigenvalue weighted by molar-refractivity contribution is -0.132. The number of hydrogen-bond donors (Lipinski definition) is 1. The first-order chi connectivity index (χ1) is 12.1. The van der Waals surface area contributed by atoms with E-state index in [-0.39, 0.29) is 6.03 Å². The van der Waals surface area contributed by atoms with Crippen molar-refractivity contribution in [3.63, 3.8) is 0 Å². The summed E-state index contributed by atoms with van der Waals surface area (Å²) >= 11 is 0. The smallest absolute Gasteiger partial charge is 0.331 e. The van der Waals surface area contributed by atoms with E-state index < -0.39 is 5.97 Å². The summed E-state index contributed by atoms with van der Waals surface area (Å²) in [6, 6.07) is 3.57. The Hall–Kier alpha value is -2.67. The number of morpholine rings is 1. The van der Waals surface area contributed by atoms with Gasteiger partial charge < -0.3 is 14.7 Å². The molecule has 0 atom stereocenters. The topological polar surface area (TPSA) is 83.0 Å². The number of amides is 2. The molecule has 0 bridgehead atoms. The maximum atomic E-state index is 13.0. The summed E-state index contributed by atoms with van der Waals surface area (Å²) in [4.78, 5) is 31.6. The van der Waals surface area contributed by atoms with Crippen molar-refractivity contribution in [3.8, 4) is 0 Å². The molecule has 0 radical (unpaired) electrons. The van der Waals surface area contributed by atoms with E-state index in [9.17, 15) is 9.59 Å². The Labute approximate surface area is 146 Å². The molecule has 0 spiro atoms. The molecule has 1 N–H and O–H groups in total. The van der Waals surface area contributed by atoms with Crippen LogP contribution in [0.5, 0.6) is 0 Å². The first-order valence-electron chi connectivity index (χ1n) is 8.31. The van der Waals surface area contributed by atoms with Gasteiger partial charge in [0, 0.05) is 31.4 Å². The number of rotatable bonds is 4. The highest BCUT2D eigenvalue weighted by molar-refractivity contribution is 5.92. The van der Waals surface area contributed by atoms with Crippen molar-refractivity contribution in [1.29, 1.82) is 0 Å². The molecule has 0 saturated carbocycles. The van der Waals surface area contributed by atoms with Crippen LogP contribution in [0.15, 0.2) is 47.8 Å². The highest BCUT2D eigenvalue weighted by Gasteiger charge is 2.25. The molecule has 3 rings (SSSR count). The first kappa shape index (κ1) is 17.2. The van der Waals surface area contributed by atoms with E-state index in [0.717, 1.165) is 11.3 Å². The van der Waals surface area contributed by atoms with E-state index in [1.165, 1.54) is 0 Å². The van der Waals surface area contributed by atoms with Crippen molar-refractivity contribution in [1.82, 2.24) is 9.88 Å². The molecule has 7 nitrogen and oxygen atoms in total. The number of ether oxygens (including phenoxy) is 1. The molecular weight excluding hydrogens is 322 g/mol. The number of carboxylic acid groups (broad SMARTS) is 1. The molecule has 0 aromatic carbocycles. The number of aromatic nitrogens is 1. The van der Waals surface area contributed by atoms with Crippen LogP contribution in [0.1, 0.15) is 12.8 Å². The monoisotopic (exact) mass is 343 g/mol. The van der Waals surface area contributed by atoms with Gasteiger partial charge in [-0.3, -0.25) is 9.88 Å². The molecule has 1 saturated heterocycles. The SMILES string of the molecule is O=C(O)C1=CC=C(CN(C(=O)N2CCOCC2)c2cccnc2)CC1. The Balaban J connectivity index is 1.80. The Bertz CT molecular complexity index is 694. The van der Waals surface area contributed by atoms with E-state index >= 15 is 0 Å². The third-order valence-corrected chi connectivity index (χ3v) is 4.34. The summed E-state index contributed by atoms with van der Waals surface area (Å²) in [7, 11) is 0. The van der Waals surface area contributed by atoms with E-state index in [0.29, 0.717) is 51.3 Å². The number of nitrogens with zero attached hydrogens (tertiary/aromatic N) is 3. The Morgan fingerprint density at radius 1 is 1.24 bits per heavy atom. The number of carbonyl (C=O) groups excluding carboxylic acids is 1. The van der Waals surface area contributed by atoms with Crippen molar-refractivity contribution in [2.45, 2.75) is 12.8 Å². The third kappa shape index (κ3) is 4.24. The van der Waals surface area contributed by atoms with Gasteiger partial charge in [0.1, 0.15) is 0 Å². The number of pyridine rings is 1. The van der Waals surface area contributed by atoms with Gasteiger partial charge in [0.15, 0.2) is 0 Å². The van der Waals surface area contributed by atoms with E-state index in [1.807, 2.05) is 12.1 Å². The fourth-order valence-corrected chi connectivity index (χ4v) is 2.90. The van der Waals surface area contributed by atoms with Gasteiger partial charge in [0.05, 0.1) is 25.1 Å². The summed E-state index contributed by atoms with van der Waals surface area (Å²) in [6.45, 7) is 2.64. The van der Waals surface area contributed by atoms with Gasteiger partial charge in [-0.15, -0.1) is 0 Å². The lowest BCUT2D eigenvalue weighted by Gasteiger charge is -2.33. The number of aliphatic carboxylic acids is 1. The molecule has 2 heterocycles. The van der Waals surface area contributed by atoms with Gasteiger partial charge in [0.2, 0.25) is 0 Å². The Kier molecular flexibility index (Phi) is 5.45. The molecule has 1 aromatic rings. The van der Waals surface area contributed by atoms with Crippen molar-refractivity contribution >= 4 is 17.7 Å². The molecule has 2 amide bonds. The highest BCUT2D eigenvalue weighted by Crippen LogP contribution is 2.23. The minimum absolute atomic E-state index is 0.0785. The van der Waals surface area contributed by atoms with Gasteiger partial charge >= 0.3 is 12.0 Å². The number of urea groups is 1. The fourth-order valence-electron chi connectivity index (χ4n) is 2.90.